The SMILES string of the molecule is CCCCCCCCCCCCCN(CCCCCCCCCCCCC)C(C)C(=O)[O-].[K+]. The molecule has 1 atom stereocenters. The smallest absolute Gasteiger partial charge is 0.548 e. The van der Waals surface area contributed by atoms with Gasteiger partial charge in [-0.1, -0.05) is 142 Å². The first kappa shape index (κ1) is 36.2. The first-order valence-corrected chi connectivity index (χ1v) is 14.6. The van der Waals surface area contributed by atoms with Crippen LogP contribution in [0.25, 0.3) is 0 Å². The zero-order valence-corrected chi connectivity index (χ0v) is 26.4. The Morgan fingerprint density at radius 3 is 1.03 bits per heavy atom. The predicted molar refractivity (Wildman–Crippen MR) is 139 cm³/mol. The van der Waals surface area contributed by atoms with Crippen molar-refractivity contribution in [2.24, 2.45) is 0 Å². The van der Waals surface area contributed by atoms with E-state index >= 15 is 0 Å². The van der Waals surface area contributed by atoms with Gasteiger partial charge in [-0.15, -0.1) is 0 Å². The van der Waals surface area contributed by atoms with Crippen LogP contribution in [0.4, 0.5) is 0 Å². The van der Waals surface area contributed by atoms with Gasteiger partial charge in [-0.25, -0.2) is 0 Å². The van der Waals surface area contributed by atoms with Crippen LogP contribution in [0, 0.1) is 0 Å². The molecule has 0 rings (SSSR count). The van der Waals surface area contributed by atoms with Gasteiger partial charge in [0, 0.05) is 6.04 Å². The molecule has 0 saturated heterocycles. The van der Waals surface area contributed by atoms with Gasteiger partial charge in [0.25, 0.3) is 0 Å². The maximum atomic E-state index is 11.4. The molecular formula is C29H58KNO2. The fraction of sp³-hybridized carbons (Fsp3) is 0.966. The summed E-state index contributed by atoms with van der Waals surface area (Å²) in [7, 11) is 0. The molecule has 4 heteroatoms. The Kier molecular flexibility index (Phi) is 32.2. The molecule has 0 saturated carbocycles. The van der Waals surface area contributed by atoms with Crippen LogP contribution in [0.3, 0.4) is 0 Å². The normalized spacial score (nSPS) is 12.1. The Hall–Kier alpha value is 1.07. The molecule has 0 spiro atoms. The van der Waals surface area contributed by atoms with E-state index in [0.717, 1.165) is 25.9 Å². The first-order valence-electron chi connectivity index (χ1n) is 14.6. The molecule has 0 aromatic heterocycles. The summed E-state index contributed by atoms with van der Waals surface area (Å²) in [6.07, 6.45) is 29.3. The van der Waals surface area contributed by atoms with Gasteiger partial charge < -0.3 is 9.90 Å². The second-order valence-electron chi connectivity index (χ2n) is 10.1. The standard InChI is InChI=1S/C29H59NO2.K/c1-4-6-8-10-12-14-16-18-20-22-24-26-30(28(3)29(31)32)27-25-23-21-19-17-15-13-11-9-7-5-2;/h28H,4-27H2,1-3H3,(H,31,32);/q;+1/p-1. The minimum absolute atomic E-state index is 0. The second-order valence-corrected chi connectivity index (χ2v) is 10.1. The molecule has 0 aliphatic heterocycles. The summed E-state index contributed by atoms with van der Waals surface area (Å²) < 4.78 is 0. The molecule has 0 aliphatic carbocycles. The summed E-state index contributed by atoms with van der Waals surface area (Å²) in [5.74, 6) is -0.920. The third kappa shape index (κ3) is 26.0. The quantitative estimate of drug-likeness (QED) is 0.126. The van der Waals surface area contributed by atoms with Gasteiger partial charge in [0.1, 0.15) is 0 Å². The van der Waals surface area contributed by atoms with Gasteiger partial charge in [-0.2, -0.15) is 0 Å². The number of unbranched alkanes of at least 4 members (excludes halogenated alkanes) is 20. The van der Waals surface area contributed by atoms with E-state index in [1.165, 1.54) is 128 Å². The molecule has 0 N–H and O–H groups in total. The number of aliphatic carboxylic acids is 1. The van der Waals surface area contributed by atoms with E-state index in [2.05, 4.69) is 18.7 Å². The largest absolute Gasteiger partial charge is 1.00 e. The fourth-order valence-electron chi connectivity index (χ4n) is 4.61. The van der Waals surface area contributed by atoms with Crippen LogP contribution in [0.5, 0.6) is 0 Å². The maximum absolute atomic E-state index is 11.4. The predicted octanol–water partition coefficient (Wildman–Crippen LogP) is 5.05. The molecule has 192 valence electrons. The Balaban J connectivity index is 0. The third-order valence-corrected chi connectivity index (χ3v) is 6.99. The van der Waals surface area contributed by atoms with E-state index in [9.17, 15) is 9.90 Å². The van der Waals surface area contributed by atoms with Crippen molar-refractivity contribution < 1.29 is 61.3 Å². The van der Waals surface area contributed by atoms with Gasteiger partial charge in [-0.05, 0) is 32.9 Å². The van der Waals surface area contributed by atoms with Crippen LogP contribution in [0.15, 0.2) is 0 Å². The first-order chi connectivity index (χ1) is 15.6. The number of rotatable bonds is 26. The van der Waals surface area contributed by atoms with Crippen LogP contribution in [-0.4, -0.2) is 30.0 Å². The van der Waals surface area contributed by atoms with Crippen LogP contribution in [0.1, 0.15) is 162 Å². The molecule has 0 heterocycles. The summed E-state index contributed by atoms with van der Waals surface area (Å²) in [5, 5.41) is 11.4. The average molecular weight is 492 g/mol. The minimum atomic E-state index is -0.920. The number of nitrogens with zero attached hydrogens (tertiary/aromatic N) is 1. The summed E-state index contributed by atoms with van der Waals surface area (Å²) in [4.78, 5) is 13.5. The van der Waals surface area contributed by atoms with Crippen LogP contribution in [-0.2, 0) is 4.79 Å². The minimum Gasteiger partial charge on any atom is -0.548 e. The summed E-state index contributed by atoms with van der Waals surface area (Å²) in [6.45, 7) is 8.15. The number of carbonyl (C=O) groups is 1. The van der Waals surface area contributed by atoms with Gasteiger partial charge in [0.15, 0.2) is 0 Å². The van der Waals surface area contributed by atoms with Gasteiger partial charge >= 0.3 is 51.4 Å². The van der Waals surface area contributed by atoms with Crippen molar-refractivity contribution in [3.05, 3.63) is 0 Å². The molecule has 0 fully saturated rings. The molecule has 0 radical (unpaired) electrons. The Labute approximate surface area is 251 Å². The molecule has 0 aliphatic rings. The van der Waals surface area contributed by atoms with Crippen molar-refractivity contribution in [1.29, 1.82) is 0 Å². The number of hydrogen-bond donors (Lipinski definition) is 0. The Morgan fingerprint density at radius 2 is 0.788 bits per heavy atom. The van der Waals surface area contributed by atoms with E-state index in [1.54, 1.807) is 6.92 Å². The summed E-state index contributed by atoms with van der Waals surface area (Å²) >= 11 is 0. The molecule has 0 aromatic carbocycles. The van der Waals surface area contributed by atoms with E-state index in [0.29, 0.717) is 0 Å². The van der Waals surface area contributed by atoms with Crippen molar-refractivity contribution in [2.45, 2.75) is 168 Å². The Morgan fingerprint density at radius 1 is 0.545 bits per heavy atom. The van der Waals surface area contributed by atoms with Gasteiger partial charge in [-0.3, -0.25) is 4.90 Å². The molecular weight excluding hydrogens is 433 g/mol. The number of carboxylic acid groups (broad SMARTS) is 1. The second kappa shape index (κ2) is 29.3. The van der Waals surface area contributed by atoms with E-state index in [-0.39, 0.29) is 51.4 Å². The molecule has 3 nitrogen and oxygen atoms in total. The van der Waals surface area contributed by atoms with Gasteiger partial charge in [0.05, 0.1) is 5.97 Å². The third-order valence-electron chi connectivity index (χ3n) is 6.99. The van der Waals surface area contributed by atoms with E-state index in [1.807, 2.05) is 0 Å². The van der Waals surface area contributed by atoms with E-state index in [4.69, 9.17) is 0 Å². The maximum Gasteiger partial charge on any atom is 1.00 e. The monoisotopic (exact) mass is 491 g/mol. The summed E-state index contributed by atoms with van der Waals surface area (Å²) in [6, 6.07) is -0.457. The van der Waals surface area contributed by atoms with E-state index < -0.39 is 12.0 Å². The van der Waals surface area contributed by atoms with Gasteiger partial charge in [0.2, 0.25) is 0 Å². The number of carbonyl (C=O) groups excluding carboxylic acids is 1. The van der Waals surface area contributed by atoms with Crippen LogP contribution < -0.4 is 56.5 Å². The van der Waals surface area contributed by atoms with Crippen molar-refractivity contribution in [3.63, 3.8) is 0 Å². The molecule has 0 bridgehead atoms. The average Bonchev–Trinajstić information content (AvgIpc) is 2.79. The molecule has 33 heavy (non-hydrogen) atoms. The topological polar surface area (TPSA) is 43.4 Å². The van der Waals surface area contributed by atoms with Crippen molar-refractivity contribution in [3.8, 4) is 0 Å². The molecule has 1 unspecified atom stereocenters. The zero-order chi connectivity index (χ0) is 23.7. The Bertz CT molecular complexity index is 366. The summed E-state index contributed by atoms with van der Waals surface area (Å²) in [5.41, 5.74) is 0. The zero-order valence-electron chi connectivity index (χ0n) is 23.3. The molecule has 0 aromatic rings. The van der Waals surface area contributed by atoms with Crippen molar-refractivity contribution >= 4 is 5.97 Å². The molecule has 0 amide bonds. The number of carboxylic acids is 1. The number of hydrogen-bond acceptors (Lipinski definition) is 3. The fourth-order valence-corrected chi connectivity index (χ4v) is 4.61. The van der Waals surface area contributed by atoms with Crippen molar-refractivity contribution in [1.82, 2.24) is 4.90 Å². The van der Waals surface area contributed by atoms with Crippen LogP contribution >= 0.6 is 0 Å². The van der Waals surface area contributed by atoms with Crippen LogP contribution in [0.2, 0.25) is 0 Å². The van der Waals surface area contributed by atoms with Crippen molar-refractivity contribution in [2.75, 3.05) is 13.1 Å².